The van der Waals surface area contributed by atoms with Crippen molar-refractivity contribution in [3.8, 4) is 0 Å². The average molecular weight is 185 g/mol. The Hall–Kier alpha value is -0.0800. The zero-order valence-corrected chi connectivity index (χ0v) is 9.14. The van der Waals surface area contributed by atoms with Crippen LogP contribution in [0.4, 0.5) is 0 Å². The fraction of sp³-hybridized carbons (Fsp3) is 1.00. The smallest absolute Gasteiger partial charge is 0.0582 e. The lowest BCUT2D eigenvalue weighted by Crippen LogP contribution is -2.43. The van der Waals surface area contributed by atoms with Gasteiger partial charge in [-0.1, -0.05) is 20.3 Å². The number of aliphatic hydroxyl groups is 1. The number of hydrogen-bond acceptors (Lipinski definition) is 2. The molecule has 2 heteroatoms. The predicted molar refractivity (Wildman–Crippen MR) is 55.7 cm³/mol. The van der Waals surface area contributed by atoms with Crippen LogP contribution in [0.2, 0.25) is 0 Å². The van der Waals surface area contributed by atoms with Gasteiger partial charge in [-0.25, -0.2) is 0 Å². The summed E-state index contributed by atoms with van der Waals surface area (Å²) in [6.07, 6.45) is 5.19. The molecule has 0 bridgehead atoms. The van der Waals surface area contributed by atoms with Crippen molar-refractivity contribution in [1.29, 1.82) is 0 Å². The molecule has 0 radical (unpaired) electrons. The van der Waals surface area contributed by atoms with Gasteiger partial charge < -0.3 is 10.4 Å². The van der Waals surface area contributed by atoms with Crippen LogP contribution in [0.25, 0.3) is 0 Å². The summed E-state index contributed by atoms with van der Waals surface area (Å²) in [4.78, 5) is 0. The fourth-order valence-corrected chi connectivity index (χ4v) is 2.30. The van der Waals surface area contributed by atoms with Crippen molar-refractivity contribution in [3.63, 3.8) is 0 Å². The number of aliphatic hydroxyl groups excluding tert-OH is 1. The van der Waals surface area contributed by atoms with Crippen LogP contribution in [0.1, 0.15) is 46.5 Å². The number of nitrogens with one attached hydrogen (secondary N) is 1. The summed E-state index contributed by atoms with van der Waals surface area (Å²) in [6.45, 7) is 6.97. The van der Waals surface area contributed by atoms with Crippen LogP contribution in [-0.2, 0) is 0 Å². The van der Waals surface area contributed by atoms with E-state index in [4.69, 9.17) is 5.11 Å². The summed E-state index contributed by atoms with van der Waals surface area (Å²) in [5.74, 6) is 0. The van der Waals surface area contributed by atoms with E-state index in [9.17, 15) is 0 Å². The third-order valence-electron chi connectivity index (χ3n) is 3.00. The Labute approximate surface area is 81.7 Å². The molecule has 13 heavy (non-hydrogen) atoms. The minimum absolute atomic E-state index is 0.247. The molecule has 1 saturated carbocycles. The largest absolute Gasteiger partial charge is 0.395 e. The summed E-state index contributed by atoms with van der Waals surface area (Å²) in [7, 11) is 0. The molecule has 0 aromatic rings. The molecule has 1 rings (SSSR count). The van der Waals surface area contributed by atoms with Crippen molar-refractivity contribution < 1.29 is 5.11 Å². The van der Waals surface area contributed by atoms with E-state index in [1.54, 1.807) is 0 Å². The SMILES string of the molecule is C[C@@H](CO)N[C@@H]1CCCC(C)(C)C1. The maximum atomic E-state index is 8.93. The molecule has 0 saturated heterocycles. The van der Waals surface area contributed by atoms with Gasteiger partial charge in [0, 0.05) is 12.1 Å². The van der Waals surface area contributed by atoms with Crippen LogP contribution in [-0.4, -0.2) is 23.8 Å². The van der Waals surface area contributed by atoms with Gasteiger partial charge in [-0.2, -0.15) is 0 Å². The number of rotatable bonds is 3. The van der Waals surface area contributed by atoms with E-state index in [0.29, 0.717) is 11.5 Å². The van der Waals surface area contributed by atoms with Crippen molar-refractivity contribution in [2.75, 3.05) is 6.61 Å². The Kier molecular flexibility index (Phi) is 3.74. The Morgan fingerprint density at radius 1 is 1.54 bits per heavy atom. The first-order chi connectivity index (χ1) is 6.03. The molecule has 0 aromatic heterocycles. The monoisotopic (exact) mass is 185 g/mol. The lowest BCUT2D eigenvalue weighted by molar-refractivity contribution is 0.171. The molecule has 2 N–H and O–H groups in total. The molecule has 2 nitrogen and oxygen atoms in total. The van der Waals surface area contributed by atoms with Gasteiger partial charge >= 0.3 is 0 Å². The van der Waals surface area contributed by atoms with Gasteiger partial charge in [0.25, 0.3) is 0 Å². The molecular formula is C11H23NO. The molecular weight excluding hydrogens is 162 g/mol. The molecule has 1 fully saturated rings. The molecule has 0 unspecified atom stereocenters. The van der Waals surface area contributed by atoms with E-state index in [1.807, 2.05) is 6.92 Å². The van der Waals surface area contributed by atoms with Crippen molar-refractivity contribution in [1.82, 2.24) is 5.32 Å². The van der Waals surface area contributed by atoms with Gasteiger partial charge in [0.1, 0.15) is 0 Å². The lowest BCUT2D eigenvalue weighted by atomic mass is 9.75. The summed E-state index contributed by atoms with van der Waals surface area (Å²) in [5.41, 5.74) is 0.491. The minimum Gasteiger partial charge on any atom is -0.395 e. The Balaban J connectivity index is 2.34. The summed E-state index contributed by atoms with van der Waals surface area (Å²) >= 11 is 0. The molecule has 1 aliphatic carbocycles. The Morgan fingerprint density at radius 2 is 2.23 bits per heavy atom. The highest BCUT2D eigenvalue weighted by atomic mass is 16.3. The molecule has 1 aliphatic rings. The molecule has 0 aromatic carbocycles. The van der Waals surface area contributed by atoms with Crippen molar-refractivity contribution >= 4 is 0 Å². The van der Waals surface area contributed by atoms with Crippen LogP contribution in [0.15, 0.2) is 0 Å². The van der Waals surface area contributed by atoms with Crippen LogP contribution in [0, 0.1) is 5.41 Å². The summed E-state index contributed by atoms with van der Waals surface area (Å²) in [6, 6.07) is 0.866. The molecule has 0 aliphatic heterocycles. The van der Waals surface area contributed by atoms with Crippen LogP contribution in [0.5, 0.6) is 0 Å². The second kappa shape index (κ2) is 4.43. The maximum absolute atomic E-state index is 8.93. The van der Waals surface area contributed by atoms with Crippen molar-refractivity contribution in [3.05, 3.63) is 0 Å². The molecule has 78 valence electrons. The zero-order chi connectivity index (χ0) is 9.90. The highest BCUT2D eigenvalue weighted by molar-refractivity contribution is 4.84. The third-order valence-corrected chi connectivity index (χ3v) is 3.00. The molecule has 0 heterocycles. The van der Waals surface area contributed by atoms with Gasteiger partial charge in [0.05, 0.1) is 6.61 Å². The quantitative estimate of drug-likeness (QED) is 0.704. The molecule has 2 atom stereocenters. The van der Waals surface area contributed by atoms with Crippen molar-refractivity contribution in [2.45, 2.75) is 58.5 Å². The van der Waals surface area contributed by atoms with Crippen molar-refractivity contribution in [2.24, 2.45) is 5.41 Å². The zero-order valence-electron chi connectivity index (χ0n) is 9.14. The highest BCUT2D eigenvalue weighted by Gasteiger charge is 2.28. The minimum atomic E-state index is 0.247. The standard InChI is InChI=1S/C11H23NO/c1-9(8-13)12-10-5-4-6-11(2,3)7-10/h9-10,12-13H,4-8H2,1-3H3/t9-,10+/m0/s1. The first kappa shape index (κ1) is 11.0. The van der Waals surface area contributed by atoms with E-state index in [-0.39, 0.29) is 12.6 Å². The predicted octanol–water partition coefficient (Wildman–Crippen LogP) is 1.93. The van der Waals surface area contributed by atoms with Gasteiger partial charge in [-0.05, 0) is 31.6 Å². The van der Waals surface area contributed by atoms with E-state index < -0.39 is 0 Å². The average Bonchev–Trinajstić information content (AvgIpc) is 2.02. The van der Waals surface area contributed by atoms with Gasteiger partial charge in [-0.3, -0.25) is 0 Å². The van der Waals surface area contributed by atoms with Crippen LogP contribution < -0.4 is 5.32 Å². The second-order valence-electron chi connectivity index (χ2n) is 5.21. The van der Waals surface area contributed by atoms with Gasteiger partial charge in [0.15, 0.2) is 0 Å². The third kappa shape index (κ3) is 3.65. The molecule has 0 amide bonds. The van der Waals surface area contributed by atoms with Gasteiger partial charge in [0.2, 0.25) is 0 Å². The molecule has 0 spiro atoms. The van der Waals surface area contributed by atoms with E-state index in [1.165, 1.54) is 25.7 Å². The van der Waals surface area contributed by atoms with Crippen LogP contribution in [0.3, 0.4) is 0 Å². The van der Waals surface area contributed by atoms with E-state index in [2.05, 4.69) is 19.2 Å². The normalized spacial score (nSPS) is 30.0. The summed E-state index contributed by atoms with van der Waals surface area (Å²) in [5, 5.41) is 12.4. The van der Waals surface area contributed by atoms with E-state index >= 15 is 0 Å². The summed E-state index contributed by atoms with van der Waals surface area (Å²) < 4.78 is 0. The maximum Gasteiger partial charge on any atom is 0.0582 e. The first-order valence-corrected chi connectivity index (χ1v) is 5.40. The first-order valence-electron chi connectivity index (χ1n) is 5.40. The van der Waals surface area contributed by atoms with Crippen LogP contribution >= 0.6 is 0 Å². The lowest BCUT2D eigenvalue weighted by Gasteiger charge is -2.36. The van der Waals surface area contributed by atoms with Gasteiger partial charge in [-0.15, -0.1) is 0 Å². The second-order valence-corrected chi connectivity index (χ2v) is 5.21. The Bertz CT molecular complexity index is 156. The Morgan fingerprint density at radius 3 is 2.77 bits per heavy atom. The fourth-order valence-electron chi connectivity index (χ4n) is 2.30. The highest BCUT2D eigenvalue weighted by Crippen LogP contribution is 2.35. The number of hydrogen-bond donors (Lipinski definition) is 2. The van der Waals surface area contributed by atoms with E-state index in [0.717, 1.165) is 0 Å². The topological polar surface area (TPSA) is 32.3 Å².